The highest BCUT2D eigenvalue weighted by Gasteiger charge is 2.94. The molecule has 3 N–H and O–H groups in total. The van der Waals surface area contributed by atoms with Crippen molar-refractivity contribution >= 4 is 11.9 Å². The Balaban J connectivity index is 0.918. The maximum absolute atomic E-state index is 17.1. The molecule has 0 unspecified atom stereocenters. The van der Waals surface area contributed by atoms with E-state index in [0.29, 0.717) is 88.8 Å². The van der Waals surface area contributed by atoms with E-state index in [0.717, 1.165) is 68.2 Å². The third-order valence-corrected chi connectivity index (χ3v) is 29.9. The first kappa shape index (κ1) is 47.2. The Kier molecular flexibility index (Phi) is 9.34. The van der Waals surface area contributed by atoms with Crippen molar-refractivity contribution in [3.8, 4) is 0 Å². The van der Waals surface area contributed by atoms with E-state index in [1.807, 2.05) is 0 Å². The molecule has 20 rings (SSSR count). The van der Waals surface area contributed by atoms with Gasteiger partial charge in [0, 0.05) is 66.1 Å². The molecular weight excluding hydrogens is 963 g/mol. The molecule has 11 aliphatic carbocycles. The van der Waals surface area contributed by atoms with Crippen LogP contribution in [0.15, 0.2) is 63.8 Å². The topological polar surface area (TPSA) is 105 Å². The molecule has 8 heteroatoms. The molecule has 16 atom stereocenters. The Bertz CT molecular complexity index is 2990. The third-order valence-electron chi connectivity index (χ3n) is 29.9. The second kappa shape index (κ2) is 15.4. The average molecular weight is 1050 g/mol. The normalized spacial score (nSPS) is 48.5. The van der Waals surface area contributed by atoms with Crippen molar-refractivity contribution in [2.45, 2.75) is 223 Å². The number of carbonyl (C=O) groups excluding carboxylic acids is 2. The number of piperidine rings is 3. The fraction of sp³-hybridized carbons (Fsp3) is 0.771. The van der Waals surface area contributed by atoms with Gasteiger partial charge in [0.2, 0.25) is 0 Å². The van der Waals surface area contributed by atoms with Gasteiger partial charge in [-0.2, -0.15) is 0 Å². The second-order valence-electron chi connectivity index (χ2n) is 31.7. The molecule has 7 spiro atoms. The molecule has 0 aromatic heterocycles. The summed E-state index contributed by atoms with van der Waals surface area (Å²) in [5.74, 6) is 3.94. The summed E-state index contributed by atoms with van der Waals surface area (Å²) in [4.78, 5) is 39.1. The molecule has 12 fully saturated rings. The minimum absolute atomic E-state index is 0.0897. The number of ether oxygens (including phenoxy) is 2. The second-order valence-corrected chi connectivity index (χ2v) is 31.7. The monoisotopic (exact) mass is 1050 g/mol. The first-order chi connectivity index (χ1) is 38.1. The number of benzene rings is 1. The molecule has 1 aromatic rings. The number of rotatable bonds is 4. The van der Waals surface area contributed by atoms with E-state index < -0.39 is 16.4 Å². The lowest BCUT2D eigenvalue weighted by Crippen LogP contribution is -2.78. The zero-order valence-electron chi connectivity index (χ0n) is 47.2. The van der Waals surface area contributed by atoms with Crippen molar-refractivity contribution in [2.24, 2.45) is 97.4 Å². The number of aliphatic hydroxyl groups excluding tert-OH is 1. The molecule has 11 bridgehead atoms. The van der Waals surface area contributed by atoms with Gasteiger partial charge in [0.05, 0.1) is 11.0 Å². The largest absolute Gasteiger partial charge is 0.508 e. The lowest BCUT2D eigenvalue weighted by Gasteiger charge is -2.74. The summed E-state index contributed by atoms with van der Waals surface area (Å²) in [5.41, 5.74) is 15.1. The highest BCUT2D eigenvalue weighted by atomic mass is 16.6. The molecule has 7 saturated carbocycles. The van der Waals surface area contributed by atoms with Crippen LogP contribution < -0.4 is 5.73 Å². The number of nitrogens with zero attached hydrogens (tertiary/aromatic N) is 2. The SMILES string of the molecule is C[C@H]1CC2=C3[C@H]4C5=C6[C@@H]7C[C@@]41CCC7=C[C@@H](C1CCCCC1)C[C@H]1[C@]64C(=O)O/C(=C(/O)[C@@H]6C[C@H]7CCC8(CC9(CCCC9)C9(CCCC9)C8)[C@@H]6N6C[C@@H]8C[C@@H](CN3[C@H]8CC2)[C@@H]76)[C@@]4(CC5)[C@]12OC(=O)c1c(CCCN)cccc12. The van der Waals surface area contributed by atoms with Crippen molar-refractivity contribution in [1.29, 1.82) is 0 Å². The van der Waals surface area contributed by atoms with Crippen molar-refractivity contribution < 1.29 is 24.2 Å². The van der Waals surface area contributed by atoms with E-state index in [1.165, 1.54) is 153 Å². The van der Waals surface area contributed by atoms with Gasteiger partial charge in [-0.25, -0.2) is 4.79 Å². The minimum atomic E-state index is -1.14. The summed E-state index contributed by atoms with van der Waals surface area (Å²) in [6.07, 6.45) is 38.9. The molecule has 8 nitrogen and oxygen atoms in total. The third kappa shape index (κ3) is 5.09. The summed E-state index contributed by atoms with van der Waals surface area (Å²) in [7, 11) is 0. The summed E-state index contributed by atoms with van der Waals surface area (Å²) in [5, 5.41) is 14.7. The van der Waals surface area contributed by atoms with E-state index >= 15 is 9.59 Å². The lowest BCUT2D eigenvalue weighted by molar-refractivity contribution is -0.284. The van der Waals surface area contributed by atoms with Crippen LogP contribution in [0.1, 0.15) is 215 Å². The van der Waals surface area contributed by atoms with E-state index in [2.05, 4.69) is 41.0 Å². The molecule has 78 heavy (non-hydrogen) atoms. The molecule has 414 valence electrons. The molecule has 0 radical (unpaired) electrons. The number of fused-ring (bicyclic) bond motifs is 8. The van der Waals surface area contributed by atoms with Gasteiger partial charge in [-0.3, -0.25) is 9.69 Å². The van der Waals surface area contributed by atoms with Gasteiger partial charge < -0.3 is 25.2 Å². The van der Waals surface area contributed by atoms with E-state index in [-0.39, 0.29) is 46.6 Å². The van der Waals surface area contributed by atoms with Gasteiger partial charge in [-0.1, -0.05) is 92.9 Å². The van der Waals surface area contributed by atoms with Crippen molar-refractivity contribution in [3.05, 3.63) is 80.5 Å². The molecule has 8 heterocycles. The molecule has 1 aromatic carbocycles. The van der Waals surface area contributed by atoms with Crippen LogP contribution in [0.4, 0.5) is 0 Å². The smallest absolute Gasteiger partial charge is 0.339 e. The van der Waals surface area contributed by atoms with Gasteiger partial charge in [-0.05, 0) is 223 Å². The van der Waals surface area contributed by atoms with E-state index in [1.54, 1.807) is 22.4 Å². The molecule has 5 saturated heterocycles. The number of carbonyl (C=O) groups is 2. The van der Waals surface area contributed by atoms with Crippen LogP contribution >= 0.6 is 0 Å². The standard InChI is InChI=1S/C70H89N3O5/c1-39-29-43-16-17-52-46-31-47-36-72(52)58(43)56-48-20-27-68-61(59(74)49-32-44-18-25-64(60(49)73(35-46)57(44)47)37-65(21-5-6-22-65)66(38-64)23-7-8-24-66)77-63(76)69(68)53(70(68)51-15-9-13-41(14-10-28-71)54(51)62(75)78-70)33-45(40-11-3-2-4-12-40)30-42-19-26-67(39,56)34-50(42)55(48)69/h9,13,15,30,39-40,44-47,49-50,52-53,56-57,60,74H,2-8,10-12,14,16-29,31-38,71H2,1H3/b42-30?,61-59+/t39-,44+,45+,46-,47-,49-,50+,52-,53-,56+,57+,60+,67+,68+,69+,70+/m0/s1. The Morgan fingerprint density at radius 1 is 0.808 bits per heavy atom. The number of hydrogen-bond acceptors (Lipinski definition) is 8. The summed E-state index contributed by atoms with van der Waals surface area (Å²) in [6, 6.07) is 7.90. The predicted molar refractivity (Wildman–Crippen MR) is 298 cm³/mol. The summed E-state index contributed by atoms with van der Waals surface area (Å²) < 4.78 is 15.3. The summed E-state index contributed by atoms with van der Waals surface area (Å²) >= 11 is 0. The molecule has 0 amide bonds. The van der Waals surface area contributed by atoms with Crippen molar-refractivity contribution in [1.82, 2.24) is 9.80 Å². The van der Waals surface area contributed by atoms with E-state index in [9.17, 15) is 5.11 Å². The quantitative estimate of drug-likeness (QED) is 0.227. The minimum Gasteiger partial charge on any atom is -0.508 e. The number of hydrogen-bond donors (Lipinski definition) is 2. The fourth-order valence-corrected chi connectivity index (χ4v) is 28.0. The van der Waals surface area contributed by atoms with Crippen LogP contribution in [-0.2, 0) is 26.3 Å². The van der Waals surface area contributed by atoms with Gasteiger partial charge in [0.1, 0.15) is 11.2 Å². The summed E-state index contributed by atoms with van der Waals surface area (Å²) in [6.45, 7) is 5.58. The maximum atomic E-state index is 17.1. The first-order valence-electron chi connectivity index (χ1n) is 33.5. The number of nitrogens with two attached hydrogens (primary N) is 1. The molecule has 8 aliphatic heterocycles. The Morgan fingerprint density at radius 3 is 2.41 bits per heavy atom. The first-order valence-corrected chi connectivity index (χ1v) is 33.5. The molecular formula is C70H89N3O5. The zero-order valence-corrected chi connectivity index (χ0v) is 47.2. The van der Waals surface area contributed by atoms with Crippen LogP contribution in [-0.4, -0.2) is 64.6 Å². The van der Waals surface area contributed by atoms with Crippen LogP contribution in [0.2, 0.25) is 0 Å². The number of aryl methyl sites for hydroxylation is 1. The fourth-order valence-electron chi connectivity index (χ4n) is 28.0. The van der Waals surface area contributed by atoms with Gasteiger partial charge >= 0.3 is 11.9 Å². The Hall–Kier alpha value is -3.36. The number of esters is 2. The van der Waals surface area contributed by atoms with Crippen molar-refractivity contribution in [2.75, 3.05) is 19.6 Å². The highest BCUT2D eigenvalue weighted by Crippen LogP contribution is 2.90. The van der Waals surface area contributed by atoms with Gasteiger partial charge in [-0.15, -0.1) is 0 Å². The lowest BCUT2D eigenvalue weighted by atomic mass is 9.26. The Morgan fingerprint density at radius 2 is 1.62 bits per heavy atom. The van der Waals surface area contributed by atoms with Crippen LogP contribution in [0.3, 0.4) is 0 Å². The van der Waals surface area contributed by atoms with Crippen LogP contribution in [0.5, 0.6) is 0 Å². The average Bonchev–Trinajstić information content (AvgIpc) is 1.57. The van der Waals surface area contributed by atoms with Crippen LogP contribution in [0, 0.1) is 91.7 Å². The Labute approximate surface area is 464 Å². The van der Waals surface area contributed by atoms with Crippen molar-refractivity contribution in [3.63, 3.8) is 0 Å². The number of allylic oxidation sites excluding steroid dienone is 4. The highest BCUT2D eigenvalue weighted by molar-refractivity contribution is 6.00. The predicted octanol–water partition coefficient (Wildman–Crippen LogP) is 13.7. The van der Waals surface area contributed by atoms with Gasteiger partial charge in [0.15, 0.2) is 11.4 Å². The van der Waals surface area contributed by atoms with Crippen LogP contribution in [0.25, 0.3) is 0 Å². The number of aliphatic hydroxyl groups is 1. The van der Waals surface area contributed by atoms with Gasteiger partial charge in [0.25, 0.3) is 0 Å². The maximum Gasteiger partial charge on any atom is 0.339 e. The van der Waals surface area contributed by atoms with E-state index in [4.69, 9.17) is 15.2 Å². The molecule has 19 aliphatic rings. The zero-order chi connectivity index (χ0) is 51.7.